The van der Waals surface area contributed by atoms with Gasteiger partial charge in [-0.05, 0) is 36.4 Å². The van der Waals surface area contributed by atoms with Gasteiger partial charge in [0.25, 0.3) is 0 Å². The van der Waals surface area contributed by atoms with E-state index in [9.17, 15) is 4.79 Å². The Balaban J connectivity index is 2.40. The Labute approximate surface area is 108 Å². The van der Waals surface area contributed by atoms with Gasteiger partial charge in [-0.1, -0.05) is 15.9 Å². The van der Waals surface area contributed by atoms with Crippen LogP contribution in [0.15, 0.2) is 47.1 Å². The lowest BCUT2D eigenvalue weighted by Crippen LogP contribution is -2.06. The van der Waals surface area contributed by atoms with Crippen molar-refractivity contribution >= 4 is 21.7 Å². The molecule has 0 spiro atoms. The smallest absolute Gasteiger partial charge is 0.215 e. The molecule has 86 valence electrons. The summed E-state index contributed by atoms with van der Waals surface area (Å²) in [5.41, 5.74) is 0.919. The van der Waals surface area contributed by atoms with Crippen molar-refractivity contribution in [3.63, 3.8) is 0 Å². The van der Waals surface area contributed by atoms with Gasteiger partial charge < -0.3 is 4.74 Å². The Morgan fingerprint density at radius 2 is 1.94 bits per heavy atom. The molecule has 3 nitrogen and oxygen atoms in total. The third-order valence-electron chi connectivity index (χ3n) is 2.31. The average molecular weight is 292 g/mol. The molecule has 4 heteroatoms. The molecule has 0 radical (unpaired) electrons. The molecule has 17 heavy (non-hydrogen) atoms. The fraction of sp³-hybridized carbons (Fsp3) is 0.0769. The van der Waals surface area contributed by atoms with Gasteiger partial charge >= 0.3 is 0 Å². The third-order valence-corrected chi connectivity index (χ3v) is 2.84. The number of nitrogens with zero attached hydrogens (tertiary/aromatic N) is 1. The van der Waals surface area contributed by atoms with E-state index in [1.165, 1.54) is 7.11 Å². The fourth-order valence-electron chi connectivity index (χ4n) is 1.46. The number of pyridine rings is 1. The zero-order valence-corrected chi connectivity index (χ0v) is 10.8. The van der Waals surface area contributed by atoms with Crippen LogP contribution >= 0.6 is 15.9 Å². The number of benzene rings is 1. The monoisotopic (exact) mass is 291 g/mol. The lowest BCUT2D eigenvalue weighted by molar-refractivity contribution is 0.103. The van der Waals surface area contributed by atoms with Crippen molar-refractivity contribution in [1.82, 2.24) is 4.98 Å². The number of hydrogen-bond acceptors (Lipinski definition) is 3. The molecule has 1 heterocycles. The van der Waals surface area contributed by atoms with E-state index in [0.29, 0.717) is 17.0 Å². The van der Waals surface area contributed by atoms with E-state index in [2.05, 4.69) is 20.9 Å². The molecule has 0 saturated heterocycles. The molecule has 0 bridgehead atoms. The summed E-state index contributed by atoms with van der Waals surface area (Å²) < 4.78 is 6.05. The highest BCUT2D eigenvalue weighted by Crippen LogP contribution is 2.19. The Kier molecular flexibility index (Phi) is 3.54. The van der Waals surface area contributed by atoms with Crippen molar-refractivity contribution in [1.29, 1.82) is 0 Å². The first-order valence-corrected chi connectivity index (χ1v) is 5.81. The number of carbonyl (C=O) groups excluding carboxylic acids is 1. The lowest BCUT2D eigenvalue weighted by Gasteiger charge is -2.05. The molecule has 0 saturated carbocycles. The zero-order valence-electron chi connectivity index (χ0n) is 9.18. The van der Waals surface area contributed by atoms with Gasteiger partial charge in [-0.15, -0.1) is 0 Å². The molecule has 0 aliphatic carbocycles. The van der Waals surface area contributed by atoms with Crippen LogP contribution in [0.3, 0.4) is 0 Å². The summed E-state index contributed by atoms with van der Waals surface area (Å²) in [6.07, 6.45) is 1.58. The van der Waals surface area contributed by atoms with Crippen LogP contribution in [0.4, 0.5) is 0 Å². The molecule has 0 fully saturated rings. The topological polar surface area (TPSA) is 39.2 Å². The minimum Gasteiger partial charge on any atom is -0.494 e. The highest BCUT2D eigenvalue weighted by atomic mass is 79.9. The Hall–Kier alpha value is -1.68. The first-order chi connectivity index (χ1) is 8.22. The van der Waals surface area contributed by atoms with E-state index in [1.54, 1.807) is 30.5 Å². The average Bonchev–Trinajstić information content (AvgIpc) is 2.39. The van der Waals surface area contributed by atoms with Crippen LogP contribution in [0.5, 0.6) is 5.75 Å². The summed E-state index contributed by atoms with van der Waals surface area (Å²) in [5.74, 6) is 0.343. The number of halogens is 1. The van der Waals surface area contributed by atoms with Crippen LogP contribution in [-0.4, -0.2) is 17.9 Å². The van der Waals surface area contributed by atoms with Crippen LogP contribution in [0.25, 0.3) is 0 Å². The summed E-state index contributed by atoms with van der Waals surface area (Å²) in [4.78, 5) is 16.2. The number of methoxy groups -OCH3 is 1. The summed E-state index contributed by atoms with van der Waals surface area (Å²) in [6.45, 7) is 0. The van der Waals surface area contributed by atoms with E-state index < -0.39 is 0 Å². The SMILES string of the molecule is COc1cccnc1C(=O)c1ccc(Br)cc1. The maximum atomic E-state index is 12.2. The molecule has 0 N–H and O–H groups in total. The minimum absolute atomic E-state index is 0.144. The first kappa shape index (κ1) is 11.8. The molecule has 0 aliphatic heterocycles. The van der Waals surface area contributed by atoms with Crippen molar-refractivity contribution in [2.45, 2.75) is 0 Å². The lowest BCUT2D eigenvalue weighted by atomic mass is 10.1. The van der Waals surface area contributed by atoms with Gasteiger partial charge in [-0.3, -0.25) is 4.79 Å². The Morgan fingerprint density at radius 1 is 1.24 bits per heavy atom. The predicted octanol–water partition coefficient (Wildman–Crippen LogP) is 3.08. The summed E-state index contributed by atoms with van der Waals surface area (Å²) in [6, 6.07) is 10.6. The van der Waals surface area contributed by atoms with Gasteiger partial charge in [0.2, 0.25) is 5.78 Å². The molecule has 0 unspecified atom stereocenters. The van der Waals surface area contributed by atoms with E-state index in [4.69, 9.17) is 4.74 Å². The molecule has 0 atom stereocenters. The fourth-order valence-corrected chi connectivity index (χ4v) is 1.73. The Bertz CT molecular complexity index is 537. The second-order valence-electron chi connectivity index (χ2n) is 3.39. The maximum absolute atomic E-state index is 12.2. The summed E-state index contributed by atoms with van der Waals surface area (Å²) in [7, 11) is 1.52. The van der Waals surface area contributed by atoms with Gasteiger partial charge in [-0.25, -0.2) is 4.98 Å². The highest BCUT2D eigenvalue weighted by Gasteiger charge is 2.15. The first-order valence-electron chi connectivity index (χ1n) is 5.01. The zero-order chi connectivity index (χ0) is 12.3. The van der Waals surface area contributed by atoms with Crippen LogP contribution in [-0.2, 0) is 0 Å². The maximum Gasteiger partial charge on any atom is 0.215 e. The van der Waals surface area contributed by atoms with Gasteiger partial charge in [0.15, 0.2) is 5.69 Å². The number of ketones is 1. The molecule has 2 rings (SSSR count). The second-order valence-corrected chi connectivity index (χ2v) is 4.31. The van der Waals surface area contributed by atoms with Gasteiger partial charge in [0.05, 0.1) is 7.11 Å². The predicted molar refractivity (Wildman–Crippen MR) is 68.4 cm³/mol. The number of aromatic nitrogens is 1. The van der Waals surface area contributed by atoms with E-state index in [-0.39, 0.29) is 5.78 Å². The van der Waals surface area contributed by atoms with Gasteiger partial charge in [-0.2, -0.15) is 0 Å². The van der Waals surface area contributed by atoms with Crippen molar-refractivity contribution in [2.24, 2.45) is 0 Å². The van der Waals surface area contributed by atoms with E-state index in [0.717, 1.165) is 4.47 Å². The number of ether oxygens (including phenoxy) is 1. The summed E-state index contributed by atoms with van der Waals surface area (Å²) in [5, 5.41) is 0. The third kappa shape index (κ3) is 2.53. The van der Waals surface area contributed by atoms with Crippen LogP contribution in [0, 0.1) is 0 Å². The summed E-state index contributed by atoms with van der Waals surface area (Å²) >= 11 is 3.33. The highest BCUT2D eigenvalue weighted by molar-refractivity contribution is 9.10. The quantitative estimate of drug-likeness (QED) is 0.816. The molecule has 1 aromatic carbocycles. The van der Waals surface area contributed by atoms with Gasteiger partial charge in [0.1, 0.15) is 5.75 Å². The van der Waals surface area contributed by atoms with Crippen LogP contribution in [0.2, 0.25) is 0 Å². The standard InChI is InChI=1S/C13H10BrNO2/c1-17-11-3-2-8-15-12(11)13(16)9-4-6-10(14)7-5-9/h2-8H,1H3. The van der Waals surface area contributed by atoms with E-state index in [1.807, 2.05) is 12.1 Å². The number of carbonyl (C=O) groups is 1. The van der Waals surface area contributed by atoms with Crippen molar-refractivity contribution < 1.29 is 9.53 Å². The van der Waals surface area contributed by atoms with Gasteiger partial charge in [0, 0.05) is 16.2 Å². The minimum atomic E-state index is -0.144. The van der Waals surface area contributed by atoms with Crippen LogP contribution < -0.4 is 4.74 Å². The molecule has 1 aromatic heterocycles. The normalized spacial score (nSPS) is 10.0. The molecule has 0 aliphatic rings. The second kappa shape index (κ2) is 5.10. The van der Waals surface area contributed by atoms with Crippen LogP contribution in [0.1, 0.15) is 16.1 Å². The molecule has 0 amide bonds. The van der Waals surface area contributed by atoms with Crippen molar-refractivity contribution in [3.8, 4) is 5.75 Å². The van der Waals surface area contributed by atoms with Crippen molar-refractivity contribution in [2.75, 3.05) is 7.11 Å². The molecule has 2 aromatic rings. The van der Waals surface area contributed by atoms with Crippen molar-refractivity contribution in [3.05, 3.63) is 58.3 Å². The Morgan fingerprint density at radius 3 is 2.59 bits per heavy atom. The number of rotatable bonds is 3. The molecular formula is C13H10BrNO2. The molecular weight excluding hydrogens is 282 g/mol. The number of hydrogen-bond donors (Lipinski definition) is 0. The largest absolute Gasteiger partial charge is 0.494 e. The van der Waals surface area contributed by atoms with E-state index >= 15 is 0 Å².